The van der Waals surface area contributed by atoms with E-state index in [1.54, 1.807) is 29.2 Å². The summed E-state index contributed by atoms with van der Waals surface area (Å²) in [6.45, 7) is 0.615. The Morgan fingerprint density at radius 3 is 2.14 bits per heavy atom. The van der Waals surface area contributed by atoms with Crippen molar-refractivity contribution in [2.75, 3.05) is 13.2 Å². The van der Waals surface area contributed by atoms with Crippen LogP contribution >= 0.6 is 0 Å². The molecule has 3 rings (SSSR count). The van der Waals surface area contributed by atoms with Crippen LogP contribution < -0.4 is 4.74 Å². The van der Waals surface area contributed by atoms with Gasteiger partial charge < -0.3 is 14.7 Å². The summed E-state index contributed by atoms with van der Waals surface area (Å²) >= 11 is 0. The third kappa shape index (κ3) is 6.21. The fraction of sp³-hybridized carbons (Fsp3) is 0.167. The van der Waals surface area contributed by atoms with Crippen molar-refractivity contribution in [2.24, 2.45) is 0 Å². The minimum atomic E-state index is -1.06. The fourth-order valence-corrected chi connectivity index (χ4v) is 3.01. The quantitative estimate of drug-likeness (QED) is 0.600. The van der Waals surface area contributed by atoms with E-state index < -0.39 is 12.6 Å². The molecule has 5 heteroatoms. The van der Waals surface area contributed by atoms with Gasteiger partial charge in [-0.2, -0.15) is 0 Å². The molecule has 3 aromatic rings. The topological polar surface area (TPSA) is 66.8 Å². The lowest BCUT2D eigenvalue weighted by atomic mass is 10.1. The van der Waals surface area contributed by atoms with Gasteiger partial charge >= 0.3 is 5.97 Å². The Morgan fingerprint density at radius 1 is 0.828 bits per heavy atom. The molecule has 0 saturated carbocycles. The monoisotopic (exact) mass is 389 g/mol. The third-order valence-corrected chi connectivity index (χ3v) is 4.46. The molecule has 0 aromatic heterocycles. The van der Waals surface area contributed by atoms with Crippen molar-refractivity contribution >= 4 is 11.9 Å². The number of rotatable bonds is 9. The first-order valence-electron chi connectivity index (χ1n) is 9.43. The van der Waals surface area contributed by atoms with Crippen molar-refractivity contribution in [3.05, 3.63) is 102 Å². The minimum absolute atomic E-state index is 0.120. The van der Waals surface area contributed by atoms with Crippen LogP contribution in [0.15, 0.2) is 84.9 Å². The van der Waals surface area contributed by atoms with Crippen LogP contribution in [0.2, 0.25) is 0 Å². The van der Waals surface area contributed by atoms with Gasteiger partial charge in [0, 0.05) is 18.7 Å². The lowest BCUT2D eigenvalue weighted by molar-refractivity contribution is -0.139. The first-order chi connectivity index (χ1) is 14.1. The number of nitrogens with zero attached hydrogens (tertiary/aromatic N) is 1. The molecule has 0 fully saturated rings. The maximum Gasteiger partial charge on any atom is 0.341 e. The normalized spacial score (nSPS) is 10.3. The zero-order chi connectivity index (χ0) is 20.5. The lowest BCUT2D eigenvalue weighted by Gasteiger charge is -2.23. The van der Waals surface area contributed by atoms with E-state index >= 15 is 0 Å². The van der Waals surface area contributed by atoms with Crippen molar-refractivity contribution < 1.29 is 19.4 Å². The number of carboxylic acid groups (broad SMARTS) is 1. The lowest BCUT2D eigenvalue weighted by Crippen LogP contribution is -2.32. The van der Waals surface area contributed by atoms with Crippen LogP contribution in [0.5, 0.6) is 5.75 Å². The van der Waals surface area contributed by atoms with Crippen molar-refractivity contribution in [2.45, 2.75) is 13.0 Å². The number of carbonyl (C=O) groups is 2. The van der Waals surface area contributed by atoms with Gasteiger partial charge in [-0.15, -0.1) is 0 Å². The van der Waals surface area contributed by atoms with Crippen LogP contribution in [-0.4, -0.2) is 35.0 Å². The Bertz CT molecular complexity index is 941. The van der Waals surface area contributed by atoms with Gasteiger partial charge in [0.2, 0.25) is 0 Å². The molecule has 0 aliphatic heterocycles. The maximum atomic E-state index is 13.2. The maximum absolute atomic E-state index is 13.2. The van der Waals surface area contributed by atoms with E-state index in [4.69, 9.17) is 9.84 Å². The molecule has 0 aliphatic rings. The SMILES string of the molecule is O=C(O)COc1cccc(C(=O)N(CCc2ccccc2)Cc2ccccc2)c1. The molecular weight excluding hydrogens is 366 g/mol. The van der Waals surface area contributed by atoms with Crippen LogP contribution in [0, 0.1) is 0 Å². The summed E-state index contributed by atoms with van der Waals surface area (Å²) in [5.74, 6) is -0.818. The first kappa shape index (κ1) is 20.1. The summed E-state index contributed by atoms with van der Waals surface area (Å²) in [6, 6.07) is 26.5. The van der Waals surface area contributed by atoms with Crippen molar-refractivity contribution in [1.29, 1.82) is 0 Å². The minimum Gasteiger partial charge on any atom is -0.482 e. The summed E-state index contributed by atoms with van der Waals surface area (Å²) in [4.78, 5) is 25.7. The van der Waals surface area contributed by atoms with Gasteiger partial charge in [0.15, 0.2) is 6.61 Å². The number of aliphatic carboxylic acids is 1. The average molecular weight is 389 g/mol. The highest BCUT2D eigenvalue weighted by molar-refractivity contribution is 5.94. The highest BCUT2D eigenvalue weighted by Gasteiger charge is 2.17. The molecule has 0 bridgehead atoms. The number of hydrogen-bond acceptors (Lipinski definition) is 3. The molecule has 148 valence electrons. The predicted molar refractivity (Wildman–Crippen MR) is 111 cm³/mol. The van der Waals surface area contributed by atoms with Crippen LogP contribution in [0.25, 0.3) is 0 Å². The van der Waals surface area contributed by atoms with E-state index in [0.717, 1.165) is 17.5 Å². The van der Waals surface area contributed by atoms with E-state index in [2.05, 4.69) is 0 Å². The van der Waals surface area contributed by atoms with Gasteiger partial charge in [0.25, 0.3) is 5.91 Å². The van der Waals surface area contributed by atoms with Crippen molar-refractivity contribution in [3.63, 3.8) is 0 Å². The summed E-state index contributed by atoms with van der Waals surface area (Å²) in [7, 11) is 0. The molecule has 0 atom stereocenters. The Hall–Kier alpha value is -3.60. The van der Waals surface area contributed by atoms with E-state index in [0.29, 0.717) is 24.4 Å². The predicted octanol–water partition coefficient (Wildman–Crippen LogP) is 4.04. The highest BCUT2D eigenvalue weighted by atomic mass is 16.5. The smallest absolute Gasteiger partial charge is 0.341 e. The molecule has 0 aliphatic carbocycles. The number of carboxylic acids is 1. The van der Waals surface area contributed by atoms with Gasteiger partial charge in [-0.25, -0.2) is 4.79 Å². The fourth-order valence-electron chi connectivity index (χ4n) is 3.01. The Labute approximate surface area is 170 Å². The molecule has 1 amide bonds. The molecule has 0 unspecified atom stereocenters. The molecule has 0 heterocycles. The molecule has 0 radical (unpaired) electrons. The van der Waals surface area contributed by atoms with Gasteiger partial charge in [0.1, 0.15) is 5.75 Å². The zero-order valence-electron chi connectivity index (χ0n) is 16.0. The summed E-state index contributed by atoms with van der Waals surface area (Å²) < 4.78 is 5.22. The van der Waals surface area contributed by atoms with Gasteiger partial charge in [-0.05, 0) is 35.7 Å². The number of amides is 1. The van der Waals surface area contributed by atoms with E-state index in [1.807, 2.05) is 60.7 Å². The Balaban J connectivity index is 1.77. The molecule has 3 aromatic carbocycles. The largest absolute Gasteiger partial charge is 0.482 e. The van der Waals surface area contributed by atoms with Gasteiger partial charge in [0.05, 0.1) is 0 Å². The van der Waals surface area contributed by atoms with E-state index in [9.17, 15) is 9.59 Å². The Kier molecular flexibility index (Phi) is 7.00. The number of carbonyl (C=O) groups excluding carboxylic acids is 1. The number of hydrogen-bond donors (Lipinski definition) is 1. The molecular formula is C24H23NO4. The molecule has 0 saturated heterocycles. The third-order valence-electron chi connectivity index (χ3n) is 4.46. The zero-order valence-corrected chi connectivity index (χ0v) is 16.0. The second-order valence-corrected chi connectivity index (χ2v) is 6.66. The average Bonchev–Trinajstić information content (AvgIpc) is 2.76. The van der Waals surface area contributed by atoms with Crippen LogP contribution in [0.3, 0.4) is 0 Å². The van der Waals surface area contributed by atoms with Crippen LogP contribution in [0.1, 0.15) is 21.5 Å². The molecule has 29 heavy (non-hydrogen) atoms. The number of ether oxygens (including phenoxy) is 1. The summed E-state index contributed by atoms with van der Waals surface area (Å²) in [6.07, 6.45) is 0.745. The van der Waals surface area contributed by atoms with Gasteiger partial charge in [-0.1, -0.05) is 66.7 Å². The van der Waals surface area contributed by atoms with Crippen LogP contribution in [-0.2, 0) is 17.8 Å². The molecule has 1 N–H and O–H groups in total. The highest BCUT2D eigenvalue weighted by Crippen LogP contribution is 2.17. The van der Waals surface area contributed by atoms with E-state index in [1.165, 1.54) is 0 Å². The Morgan fingerprint density at radius 2 is 1.48 bits per heavy atom. The van der Waals surface area contributed by atoms with Crippen molar-refractivity contribution in [1.82, 2.24) is 4.90 Å². The molecule has 5 nitrogen and oxygen atoms in total. The van der Waals surface area contributed by atoms with E-state index in [-0.39, 0.29) is 5.91 Å². The summed E-state index contributed by atoms with van der Waals surface area (Å²) in [5.41, 5.74) is 2.68. The summed E-state index contributed by atoms with van der Waals surface area (Å²) in [5, 5.41) is 8.78. The van der Waals surface area contributed by atoms with Crippen molar-refractivity contribution in [3.8, 4) is 5.75 Å². The first-order valence-corrected chi connectivity index (χ1v) is 9.43. The second-order valence-electron chi connectivity index (χ2n) is 6.66. The van der Waals surface area contributed by atoms with Gasteiger partial charge in [-0.3, -0.25) is 4.79 Å². The molecule has 0 spiro atoms. The number of benzene rings is 3. The van der Waals surface area contributed by atoms with Crippen LogP contribution in [0.4, 0.5) is 0 Å². The standard InChI is InChI=1S/C24H23NO4/c26-23(27)18-29-22-13-7-12-21(16-22)24(28)25(17-20-10-5-2-6-11-20)15-14-19-8-3-1-4-9-19/h1-13,16H,14-15,17-18H2,(H,26,27). The second kappa shape index (κ2) is 10.1.